The molecular weight excluding hydrogens is 402 g/mol. The van der Waals surface area contributed by atoms with Crippen molar-refractivity contribution in [1.82, 2.24) is 9.73 Å². The minimum atomic E-state index is -3.57. The lowest BCUT2D eigenvalue weighted by atomic mass is 10.2. The number of hydrogen-bond donors (Lipinski definition) is 1. The summed E-state index contributed by atoms with van der Waals surface area (Å²) in [5.41, 5.74) is 3.49. The predicted molar refractivity (Wildman–Crippen MR) is 116 cm³/mol. The molecule has 0 atom stereocenters. The maximum atomic E-state index is 12.7. The summed E-state index contributed by atoms with van der Waals surface area (Å²) >= 11 is 0. The van der Waals surface area contributed by atoms with Gasteiger partial charge in [0.25, 0.3) is 5.91 Å². The Kier molecular flexibility index (Phi) is 7.59. The number of nitrogens with zero attached hydrogens (tertiary/aromatic N) is 2. The summed E-state index contributed by atoms with van der Waals surface area (Å²) in [7, 11) is -3.57. The zero-order chi connectivity index (χ0) is 21.4. The zero-order valence-corrected chi connectivity index (χ0v) is 17.9. The van der Waals surface area contributed by atoms with Gasteiger partial charge in [-0.25, -0.2) is 13.8 Å². The lowest BCUT2D eigenvalue weighted by molar-refractivity contribution is 0.0955. The lowest BCUT2D eigenvalue weighted by Crippen LogP contribution is -2.28. The van der Waals surface area contributed by atoms with Crippen LogP contribution < -0.4 is 10.2 Å². The molecule has 3 rings (SSSR count). The van der Waals surface area contributed by atoms with Crippen LogP contribution in [-0.4, -0.2) is 44.5 Å². The van der Waals surface area contributed by atoms with Crippen molar-refractivity contribution in [2.75, 3.05) is 19.7 Å². The molecule has 1 heterocycles. The monoisotopic (exact) mass is 429 g/mol. The Bertz CT molecular complexity index is 982. The van der Waals surface area contributed by atoms with E-state index >= 15 is 0 Å². The van der Waals surface area contributed by atoms with E-state index in [1.165, 1.54) is 22.7 Å². The molecule has 0 unspecified atom stereocenters. The number of hydrazone groups is 1. The van der Waals surface area contributed by atoms with Gasteiger partial charge in [-0.05, 0) is 67.3 Å². The largest absolute Gasteiger partial charge is 0.494 e. The zero-order valence-electron chi connectivity index (χ0n) is 17.1. The molecule has 1 saturated heterocycles. The van der Waals surface area contributed by atoms with Crippen molar-refractivity contribution in [3.8, 4) is 5.75 Å². The molecular formula is C22H27N3O4S. The van der Waals surface area contributed by atoms with E-state index in [9.17, 15) is 13.2 Å². The second-order valence-electron chi connectivity index (χ2n) is 7.11. The van der Waals surface area contributed by atoms with Gasteiger partial charge < -0.3 is 4.74 Å². The molecule has 0 bridgehead atoms. The van der Waals surface area contributed by atoms with Crippen LogP contribution in [0.2, 0.25) is 0 Å². The molecule has 0 spiro atoms. The topological polar surface area (TPSA) is 88.1 Å². The molecule has 160 valence electrons. The summed E-state index contributed by atoms with van der Waals surface area (Å²) in [5, 5.41) is 3.97. The predicted octanol–water partition coefficient (Wildman–Crippen LogP) is 3.41. The van der Waals surface area contributed by atoms with Gasteiger partial charge in [-0.2, -0.15) is 9.41 Å². The van der Waals surface area contributed by atoms with Gasteiger partial charge in [0, 0.05) is 18.7 Å². The Morgan fingerprint density at radius 3 is 2.60 bits per heavy atom. The quantitative estimate of drug-likeness (QED) is 0.376. The van der Waals surface area contributed by atoms with Gasteiger partial charge in [-0.15, -0.1) is 0 Å². The highest BCUT2D eigenvalue weighted by atomic mass is 32.2. The summed E-state index contributed by atoms with van der Waals surface area (Å²) in [4.78, 5) is 12.5. The Hall–Kier alpha value is -2.71. The molecule has 1 fully saturated rings. The van der Waals surface area contributed by atoms with Gasteiger partial charge in [-0.3, -0.25) is 4.79 Å². The highest BCUT2D eigenvalue weighted by Crippen LogP contribution is 2.21. The first-order valence-corrected chi connectivity index (χ1v) is 11.6. The first-order chi connectivity index (χ1) is 14.5. The van der Waals surface area contributed by atoms with Crippen molar-refractivity contribution in [3.63, 3.8) is 0 Å². The van der Waals surface area contributed by atoms with E-state index in [1.807, 2.05) is 24.3 Å². The number of amides is 1. The SMILES string of the molecule is CCCCOc1ccc(/C=N/NC(=O)c2cccc(S(=O)(=O)N3CCCC3)c2)cc1. The van der Waals surface area contributed by atoms with E-state index in [0.717, 1.165) is 37.0 Å². The van der Waals surface area contributed by atoms with E-state index in [-0.39, 0.29) is 10.5 Å². The third-order valence-corrected chi connectivity index (χ3v) is 6.72. The van der Waals surface area contributed by atoms with Crippen LogP contribution in [0.25, 0.3) is 0 Å². The van der Waals surface area contributed by atoms with Crippen LogP contribution >= 0.6 is 0 Å². The van der Waals surface area contributed by atoms with Gasteiger partial charge >= 0.3 is 0 Å². The summed E-state index contributed by atoms with van der Waals surface area (Å²) in [6.07, 6.45) is 5.34. The number of sulfonamides is 1. The van der Waals surface area contributed by atoms with Crippen LogP contribution in [0.1, 0.15) is 48.5 Å². The number of benzene rings is 2. The highest BCUT2D eigenvalue weighted by Gasteiger charge is 2.27. The molecule has 2 aromatic rings. The molecule has 7 nitrogen and oxygen atoms in total. The number of carbonyl (C=O) groups is 1. The third-order valence-electron chi connectivity index (χ3n) is 4.83. The second kappa shape index (κ2) is 10.4. The van der Waals surface area contributed by atoms with E-state index < -0.39 is 15.9 Å². The number of unbranched alkanes of at least 4 members (excludes halogenated alkanes) is 1. The number of hydrogen-bond acceptors (Lipinski definition) is 5. The molecule has 8 heteroatoms. The summed E-state index contributed by atoms with van der Waals surface area (Å²) in [5.74, 6) is 0.324. The molecule has 1 aliphatic heterocycles. The van der Waals surface area contributed by atoms with Gasteiger partial charge in [0.15, 0.2) is 0 Å². The van der Waals surface area contributed by atoms with Crippen LogP contribution in [0.15, 0.2) is 58.5 Å². The average molecular weight is 430 g/mol. The fraction of sp³-hybridized carbons (Fsp3) is 0.364. The summed E-state index contributed by atoms with van der Waals surface area (Å²) < 4.78 is 32.4. The van der Waals surface area contributed by atoms with Crippen LogP contribution in [0, 0.1) is 0 Å². The minimum absolute atomic E-state index is 0.125. The van der Waals surface area contributed by atoms with Crippen LogP contribution in [0.5, 0.6) is 5.75 Å². The number of rotatable bonds is 9. The second-order valence-corrected chi connectivity index (χ2v) is 9.05. The molecule has 1 aliphatic rings. The fourth-order valence-corrected chi connectivity index (χ4v) is 4.65. The normalized spacial score (nSPS) is 14.8. The fourth-order valence-electron chi connectivity index (χ4n) is 3.09. The number of nitrogens with one attached hydrogen (secondary N) is 1. The third kappa shape index (κ3) is 5.67. The summed E-state index contributed by atoms with van der Waals surface area (Å²) in [6, 6.07) is 13.4. The van der Waals surface area contributed by atoms with Crippen LogP contribution in [-0.2, 0) is 10.0 Å². The van der Waals surface area contributed by atoms with Crippen molar-refractivity contribution >= 4 is 22.1 Å². The van der Waals surface area contributed by atoms with Crippen molar-refractivity contribution < 1.29 is 17.9 Å². The van der Waals surface area contributed by atoms with Gasteiger partial charge in [0.2, 0.25) is 10.0 Å². The smallest absolute Gasteiger partial charge is 0.271 e. The van der Waals surface area contributed by atoms with Crippen LogP contribution in [0.3, 0.4) is 0 Å². The van der Waals surface area contributed by atoms with Crippen LogP contribution in [0.4, 0.5) is 0 Å². The Morgan fingerprint density at radius 2 is 1.90 bits per heavy atom. The maximum absolute atomic E-state index is 12.7. The summed E-state index contributed by atoms with van der Waals surface area (Å²) in [6.45, 7) is 3.84. The first-order valence-electron chi connectivity index (χ1n) is 10.2. The van der Waals surface area contributed by atoms with Gasteiger partial charge in [-0.1, -0.05) is 19.4 Å². The number of carbonyl (C=O) groups excluding carboxylic acids is 1. The molecule has 1 amide bonds. The van der Waals surface area contributed by atoms with E-state index in [4.69, 9.17) is 4.74 Å². The molecule has 0 aromatic heterocycles. The van der Waals surface area contributed by atoms with E-state index in [2.05, 4.69) is 17.5 Å². The van der Waals surface area contributed by atoms with E-state index in [1.54, 1.807) is 12.1 Å². The average Bonchev–Trinajstić information content (AvgIpc) is 3.31. The van der Waals surface area contributed by atoms with Gasteiger partial charge in [0.05, 0.1) is 17.7 Å². The Morgan fingerprint density at radius 1 is 1.17 bits per heavy atom. The molecule has 2 aromatic carbocycles. The molecule has 30 heavy (non-hydrogen) atoms. The molecule has 1 N–H and O–H groups in total. The lowest BCUT2D eigenvalue weighted by Gasteiger charge is -2.15. The molecule has 0 saturated carbocycles. The maximum Gasteiger partial charge on any atom is 0.271 e. The standard InChI is InChI=1S/C22H27N3O4S/c1-2-3-15-29-20-11-9-18(10-12-20)17-23-24-22(26)19-7-6-8-21(16-19)30(27,28)25-13-4-5-14-25/h6-12,16-17H,2-5,13-15H2,1H3,(H,24,26)/b23-17+. The highest BCUT2D eigenvalue weighted by molar-refractivity contribution is 7.89. The first kappa shape index (κ1) is 22.0. The van der Waals surface area contributed by atoms with Crippen molar-refractivity contribution in [2.24, 2.45) is 5.10 Å². The van der Waals surface area contributed by atoms with E-state index in [0.29, 0.717) is 19.7 Å². The van der Waals surface area contributed by atoms with Crippen molar-refractivity contribution in [2.45, 2.75) is 37.5 Å². The van der Waals surface area contributed by atoms with Crippen molar-refractivity contribution in [1.29, 1.82) is 0 Å². The Balaban J connectivity index is 1.59. The molecule has 0 radical (unpaired) electrons. The van der Waals surface area contributed by atoms with Gasteiger partial charge in [0.1, 0.15) is 5.75 Å². The Labute approximate surface area is 177 Å². The van der Waals surface area contributed by atoms with Crippen molar-refractivity contribution in [3.05, 3.63) is 59.7 Å². The number of ether oxygens (including phenoxy) is 1. The minimum Gasteiger partial charge on any atom is -0.494 e. The molecule has 0 aliphatic carbocycles.